The van der Waals surface area contributed by atoms with Crippen molar-refractivity contribution in [3.8, 4) is 0 Å². The minimum atomic E-state index is -3.66. The van der Waals surface area contributed by atoms with Gasteiger partial charge in [0.2, 0.25) is 15.9 Å². The maximum atomic E-state index is 12.9. The fourth-order valence-electron chi connectivity index (χ4n) is 4.61. The first-order valence-electron chi connectivity index (χ1n) is 14.4. The van der Waals surface area contributed by atoms with E-state index in [9.17, 15) is 23.1 Å². The summed E-state index contributed by atoms with van der Waals surface area (Å²) < 4.78 is 37.9. The molecule has 9 nitrogen and oxygen atoms in total. The van der Waals surface area contributed by atoms with Gasteiger partial charge in [0, 0.05) is 13.3 Å². The highest BCUT2D eigenvalue weighted by Gasteiger charge is 2.48. The molecule has 0 radical (unpaired) electrons. The van der Waals surface area contributed by atoms with Gasteiger partial charge in [-0.15, -0.1) is 0 Å². The zero-order chi connectivity index (χ0) is 27.7. The molecule has 0 saturated carbocycles. The number of hydrogen-bond donors (Lipinski definition) is 3. The Morgan fingerprint density at radius 3 is 1.97 bits per heavy atom. The summed E-state index contributed by atoms with van der Waals surface area (Å²) in [5, 5.41) is 13.0. The van der Waals surface area contributed by atoms with E-state index < -0.39 is 40.0 Å². The molecule has 1 amide bonds. The average Bonchev–Trinajstić information content (AvgIpc) is 3.14. The number of rotatable bonds is 21. The largest absolute Gasteiger partial charge is 0.406 e. The molecule has 10 heteroatoms. The van der Waals surface area contributed by atoms with Crippen LogP contribution in [0.3, 0.4) is 0 Å². The number of carbonyl (C=O) groups is 2. The van der Waals surface area contributed by atoms with Crippen molar-refractivity contribution in [2.75, 3.05) is 12.4 Å². The van der Waals surface area contributed by atoms with Crippen molar-refractivity contribution in [2.45, 2.75) is 142 Å². The molecule has 0 aromatic carbocycles. The van der Waals surface area contributed by atoms with E-state index in [0.29, 0.717) is 12.8 Å². The van der Waals surface area contributed by atoms with Crippen LogP contribution in [0.25, 0.3) is 0 Å². The summed E-state index contributed by atoms with van der Waals surface area (Å²) >= 11 is 0. The van der Waals surface area contributed by atoms with Crippen molar-refractivity contribution in [2.24, 2.45) is 5.92 Å². The van der Waals surface area contributed by atoms with Crippen molar-refractivity contribution < 1.29 is 32.6 Å². The minimum absolute atomic E-state index is 0.0312. The summed E-state index contributed by atoms with van der Waals surface area (Å²) in [5.41, 5.74) is 0. The Hall–Kier alpha value is -1.23. The number of ether oxygens (including phenoxy) is 2. The van der Waals surface area contributed by atoms with Gasteiger partial charge < -0.3 is 19.9 Å². The number of nitrogens with one attached hydrogen (secondary N) is 2. The molecular weight excluding hydrogens is 496 g/mol. The van der Waals surface area contributed by atoms with Crippen molar-refractivity contribution >= 4 is 21.9 Å². The van der Waals surface area contributed by atoms with Crippen LogP contribution in [-0.4, -0.2) is 55.8 Å². The first-order chi connectivity index (χ1) is 17.5. The van der Waals surface area contributed by atoms with E-state index in [2.05, 4.69) is 17.0 Å². The predicted molar refractivity (Wildman–Crippen MR) is 145 cm³/mol. The lowest BCUT2D eigenvalue weighted by molar-refractivity contribution is -0.328. The second-order valence-electron chi connectivity index (χ2n) is 10.8. The Bertz CT molecular complexity index is 760. The van der Waals surface area contributed by atoms with Crippen LogP contribution in [0.1, 0.15) is 124 Å². The number of amides is 1. The number of carbonyl (C=O) groups excluding carboxylic acids is 2. The van der Waals surface area contributed by atoms with Gasteiger partial charge in [-0.1, -0.05) is 97.8 Å². The molecular formula is C27H52N2O7S. The van der Waals surface area contributed by atoms with Crippen LogP contribution in [0.5, 0.6) is 0 Å². The Morgan fingerprint density at radius 2 is 1.49 bits per heavy atom. The van der Waals surface area contributed by atoms with Crippen molar-refractivity contribution in [1.82, 2.24) is 10.0 Å². The van der Waals surface area contributed by atoms with Crippen molar-refractivity contribution in [3.63, 3.8) is 0 Å². The highest BCUT2D eigenvalue weighted by Crippen LogP contribution is 2.25. The molecule has 1 fully saturated rings. The fraction of sp³-hybridized carbons (Fsp3) is 0.926. The topological polar surface area (TPSA) is 131 Å². The smallest absolute Gasteiger partial charge is 0.348 e. The Labute approximate surface area is 224 Å². The van der Waals surface area contributed by atoms with Crippen LogP contribution >= 0.6 is 0 Å². The molecule has 3 N–H and O–H groups in total. The molecule has 37 heavy (non-hydrogen) atoms. The van der Waals surface area contributed by atoms with Crippen molar-refractivity contribution in [3.05, 3.63) is 0 Å². The molecule has 1 aliphatic rings. The Balaban J connectivity index is 2.37. The van der Waals surface area contributed by atoms with Gasteiger partial charge in [0.05, 0.1) is 12.4 Å². The van der Waals surface area contributed by atoms with Gasteiger partial charge in [-0.3, -0.25) is 9.59 Å². The fourth-order valence-corrected chi connectivity index (χ4v) is 5.95. The maximum Gasteiger partial charge on any atom is 0.348 e. The van der Waals surface area contributed by atoms with E-state index in [0.717, 1.165) is 26.2 Å². The molecule has 0 spiro atoms. The van der Waals surface area contributed by atoms with Crippen LogP contribution < -0.4 is 10.0 Å². The Kier molecular flexibility index (Phi) is 16.6. The summed E-state index contributed by atoms with van der Waals surface area (Å²) in [7, 11) is -3.66. The summed E-state index contributed by atoms with van der Waals surface area (Å²) in [6, 6.07) is -1.97. The first-order valence-corrected chi connectivity index (χ1v) is 16.0. The van der Waals surface area contributed by atoms with Gasteiger partial charge >= 0.3 is 11.9 Å². The highest BCUT2D eigenvalue weighted by molar-refractivity contribution is 7.89. The maximum absolute atomic E-state index is 12.9. The van der Waals surface area contributed by atoms with Crippen LogP contribution in [0.4, 0.5) is 0 Å². The van der Waals surface area contributed by atoms with Crippen LogP contribution in [0, 0.1) is 5.92 Å². The third-order valence-corrected chi connectivity index (χ3v) is 8.09. The lowest BCUT2D eigenvalue weighted by atomic mass is 10.0. The zero-order valence-corrected chi connectivity index (χ0v) is 24.4. The van der Waals surface area contributed by atoms with E-state index in [1.807, 2.05) is 13.8 Å². The SMILES string of the molecule is CCCCCCCCCCCCCCCS(=O)(=O)N[C@@H](CC(C)C)C(=O)N[C@H]1CCO[C@]1(O)OC(C)=O. The van der Waals surface area contributed by atoms with Crippen LogP contribution in [0.2, 0.25) is 0 Å². The molecule has 3 atom stereocenters. The molecule has 1 rings (SSSR count). The van der Waals surface area contributed by atoms with Crippen LogP contribution in [-0.2, 0) is 29.1 Å². The van der Waals surface area contributed by atoms with Gasteiger partial charge in [-0.05, 0) is 18.8 Å². The summed E-state index contributed by atoms with van der Waals surface area (Å²) in [4.78, 5) is 24.2. The van der Waals surface area contributed by atoms with Gasteiger partial charge in [0.15, 0.2) is 0 Å². The molecule has 218 valence electrons. The van der Waals surface area contributed by atoms with E-state index in [1.165, 1.54) is 57.8 Å². The number of unbranched alkanes of at least 4 members (excludes halogenated alkanes) is 12. The third kappa shape index (κ3) is 15.1. The van der Waals surface area contributed by atoms with E-state index >= 15 is 0 Å². The number of aliphatic hydroxyl groups is 1. The molecule has 0 aromatic heterocycles. The van der Waals surface area contributed by atoms with E-state index in [-0.39, 0.29) is 24.7 Å². The number of esters is 1. The third-order valence-electron chi connectivity index (χ3n) is 6.62. The summed E-state index contributed by atoms with van der Waals surface area (Å²) in [6.07, 6.45) is 15.8. The van der Waals surface area contributed by atoms with Gasteiger partial charge in [-0.2, -0.15) is 0 Å². The van der Waals surface area contributed by atoms with Gasteiger partial charge in [-0.25, -0.2) is 13.1 Å². The number of hydrogen-bond acceptors (Lipinski definition) is 7. The quantitative estimate of drug-likeness (QED) is 0.109. The monoisotopic (exact) mass is 548 g/mol. The second-order valence-corrected chi connectivity index (χ2v) is 12.7. The molecule has 0 aliphatic carbocycles. The number of sulfonamides is 1. The average molecular weight is 549 g/mol. The van der Waals surface area contributed by atoms with Crippen molar-refractivity contribution in [1.29, 1.82) is 0 Å². The molecule has 0 unspecified atom stereocenters. The summed E-state index contributed by atoms with van der Waals surface area (Å²) in [6.45, 7) is 7.25. The summed E-state index contributed by atoms with van der Waals surface area (Å²) in [5.74, 6) is -3.56. The minimum Gasteiger partial charge on any atom is -0.406 e. The second kappa shape index (κ2) is 18.1. The van der Waals surface area contributed by atoms with E-state index in [1.54, 1.807) is 0 Å². The molecule has 1 saturated heterocycles. The van der Waals surface area contributed by atoms with Gasteiger partial charge in [0.1, 0.15) is 12.1 Å². The predicted octanol–water partition coefficient (Wildman–Crippen LogP) is 4.53. The van der Waals surface area contributed by atoms with Crippen LogP contribution in [0.15, 0.2) is 0 Å². The van der Waals surface area contributed by atoms with Gasteiger partial charge in [0.25, 0.3) is 0 Å². The zero-order valence-electron chi connectivity index (χ0n) is 23.6. The van der Waals surface area contributed by atoms with E-state index in [4.69, 9.17) is 9.47 Å². The first kappa shape index (κ1) is 33.8. The molecule has 0 bridgehead atoms. The Morgan fingerprint density at radius 1 is 0.973 bits per heavy atom. The lowest BCUT2D eigenvalue weighted by Crippen LogP contribution is -2.57. The molecule has 1 heterocycles. The standard InChI is InChI=1S/C27H52N2O7S/c1-5-6-7-8-9-10-11-12-13-14-15-16-17-20-37(33,34)29-24(21-22(2)3)26(31)28-25-18-19-35-27(25,32)36-23(4)30/h22,24-25,29,32H,5-21H2,1-4H3,(H,28,31)/t24-,25-,27-/m0/s1. The highest BCUT2D eigenvalue weighted by atomic mass is 32.2. The lowest BCUT2D eigenvalue weighted by Gasteiger charge is -2.29. The molecule has 0 aromatic rings. The molecule has 1 aliphatic heterocycles. The normalized spacial score (nSPS) is 20.8.